The van der Waals surface area contributed by atoms with Gasteiger partial charge in [-0.3, -0.25) is 9.48 Å². The number of anilines is 2. The Kier molecular flexibility index (Phi) is 4.08. The maximum Gasteiger partial charge on any atom is 0.278 e. The van der Waals surface area contributed by atoms with Crippen molar-refractivity contribution in [1.29, 1.82) is 0 Å². The molecule has 1 heterocycles. The highest BCUT2D eigenvalue weighted by Gasteiger charge is 2.16. The fraction of sp³-hybridized carbons (Fsp3) is 0.333. The van der Waals surface area contributed by atoms with Crippen molar-refractivity contribution in [3.05, 3.63) is 41.7 Å². The van der Waals surface area contributed by atoms with Crippen LogP contribution in [-0.4, -0.2) is 15.7 Å². The fourth-order valence-electron chi connectivity index (χ4n) is 2.07. The molecular weight excluding hydrogens is 252 g/mol. The Balaban J connectivity index is 2.25. The van der Waals surface area contributed by atoms with Crippen LogP contribution in [0.2, 0.25) is 0 Å². The van der Waals surface area contributed by atoms with Gasteiger partial charge in [0.05, 0.1) is 5.69 Å². The topological polar surface area (TPSA) is 72.9 Å². The fourth-order valence-corrected chi connectivity index (χ4v) is 2.07. The highest BCUT2D eigenvalue weighted by atomic mass is 16.2. The monoisotopic (exact) mass is 272 g/mol. The van der Waals surface area contributed by atoms with Gasteiger partial charge < -0.3 is 11.1 Å². The summed E-state index contributed by atoms with van der Waals surface area (Å²) < 4.78 is 1.65. The van der Waals surface area contributed by atoms with Crippen LogP contribution in [0.5, 0.6) is 0 Å². The van der Waals surface area contributed by atoms with Gasteiger partial charge in [0.15, 0.2) is 5.69 Å². The van der Waals surface area contributed by atoms with E-state index in [4.69, 9.17) is 5.73 Å². The highest BCUT2D eigenvalue weighted by molar-refractivity contribution is 6.06. The lowest BCUT2D eigenvalue weighted by atomic mass is 10.0. The molecule has 0 aliphatic heterocycles. The predicted octanol–water partition coefficient (Wildman–Crippen LogP) is 2.86. The summed E-state index contributed by atoms with van der Waals surface area (Å²) in [6.45, 7) is 6.80. The van der Waals surface area contributed by atoms with Crippen molar-refractivity contribution < 1.29 is 4.79 Å². The summed E-state index contributed by atoms with van der Waals surface area (Å²) in [7, 11) is 0. The van der Waals surface area contributed by atoms with Crippen molar-refractivity contribution in [2.24, 2.45) is 0 Å². The number of para-hydroxylation sites is 1. The molecule has 0 saturated carbocycles. The van der Waals surface area contributed by atoms with Crippen LogP contribution in [0.1, 0.15) is 42.7 Å². The molecule has 0 bridgehead atoms. The summed E-state index contributed by atoms with van der Waals surface area (Å²) in [5.41, 5.74) is 8.38. The van der Waals surface area contributed by atoms with E-state index in [1.807, 2.05) is 31.2 Å². The maximum atomic E-state index is 12.3. The van der Waals surface area contributed by atoms with Crippen molar-refractivity contribution in [3.8, 4) is 0 Å². The van der Waals surface area contributed by atoms with E-state index in [0.29, 0.717) is 18.2 Å². The first-order valence-electron chi connectivity index (χ1n) is 6.76. The second-order valence-electron chi connectivity index (χ2n) is 4.98. The first kappa shape index (κ1) is 14.1. The van der Waals surface area contributed by atoms with Crippen LogP contribution in [-0.2, 0) is 6.54 Å². The minimum Gasteiger partial charge on any atom is -0.396 e. The van der Waals surface area contributed by atoms with E-state index < -0.39 is 0 Å². The van der Waals surface area contributed by atoms with Crippen molar-refractivity contribution in [2.75, 3.05) is 11.1 Å². The zero-order valence-corrected chi connectivity index (χ0v) is 12.1. The number of aryl methyl sites for hydroxylation is 1. The standard InChI is InChI=1S/C15H20N4O/c1-4-19-9-12(16)14(18-19)15(20)17-13-8-6-5-7-11(13)10(2)3/h5-10H,4,16H2,1-3H3,(H,17,20). The minimum atomic E-state index is -0.275. The lowest BCUT2D eigenvalue weighted by molar-refractivity contribution is 0.102. The number of nitrogens with zero attached hydrogens (tertiary/aromatic N) is 2. The Bertz CT molecular complexity index is 616. The number of nitrogens with two attached hydrogens (primary N) is 1. The molecule has 5 nitrogen and oxygen atoms in total. The average molecular weight is 272 g/mol. The molecule has 1 aromatic carbocycles. The van der Waals surface area contributed by atoms with Crippen molar-refractivity contribution >= 4 is 17.3 Å². The van der Waals surface area contributed by atoms with Crippen LogP contribution >= 0.6 is 0 Å². The van der Waals surface area contributed by atoms with E-state index in [2.05, 4.69) is 24.3 Å². The summed E-state index contributed by atoms with van der Waals surface area (Å²) >= 11 is 0. The molecule has 5 heteroatoms. The molecule has 0 unspecified atom stereocenters. The summed E-state index contributed by atoms with van der Waals surface area (Å²) in [4.78, 5) is 12.3. The van der Waals surface area contributed by atoms with Crippen LogP contribution < -0.4 is 11.1 Å². The molecule has 0 spiro atoms. The Hall–Kier alpha value is -2.30. The van der Waals surface area contributed by atoms with Crippen molar-refractivity contribution in [2.45, 2.75) is 33.2 Å². The number of carbonyl (C=O) groups excluding carboxylic acids is 1. The first-order chi connectivity index (χ1) is 9.52. The number of benzene rings is 1. The molecule has 0 fully saturated rings. The molecular formula is C15H20N4O. The summed E-state index contributed by atoms with van der Waals surface area (Å²) in [6, 6.07) is 7.76. The smallest absolute Gasteiger partial charge is 0.278 e. The van der Waals surface area contributed by atoms with E-state index in [1.165, 1.54) is 0 Å². The lowest BCUT2D eigenvalue weighted by Crippen LogP contribution is -2.16. The van der Waals surface area contributed by atoms with E-state index in [1.54, 1.807) is 10.9 Å². The molecule has 106 valence electrons. The van der Waals surface area contributed by atoms with E-state index >= 15 is 0 Å². The molecule has 1 amide bonds. The quantitative estimate of drug-likeness (QED) is 0.898. The van der Waals surface area contributed by atoms with E-state index in [0.717, 1.165) is 11.3 Å². The Morgan fingerprint density at radius 3 is 2.70 bits per heavy atom. The largest absolute Gasteiger partial charge is 0.396 e. The van der Waals surface area contributed by atoms with E-state index in [9.17, 15) is 4.79 Å². The number of hydrogen-bond donors (Lipinski definition) is 2. The Morgan fingerprint density at radius 1 is 1.40 bits per heavy atom. The van der Waals surface area contributed by atoms with Gasteiger partial charge in [0, 0.05) is 18.4 Å². The lowest BCUT2D eigenvalue weighted by Gasteiger charge is -2.13. The molecule has 2 aromatic rings. The van der Waals surface area contributed by atoms with E-state index in [-0.39, 0.29) is 11.6 Å². The summed E-state index contributed by atoms with van der Waals surface area (Å²) in [5.74, 6) is 0.0554. The predicted molar refractivity (Wildman–Crippen MR) is 80.8 cm³/mol. The number of carbonyl (C=O) groups is 1. The number of aromatic nitrogens is 2. The average Bonchev–Trinajstić information content (AvgIpc) is 2.80. The zero-order chi connectivity index (χ0) is 14.7. The third kappa shape index (κ3) is 2.82. The summed E-state index contributed by atoms with van der Waals surface area (Å²) in [5, 5.41) is 7.07. The van der Waals surface area contributed by atoms with Crippen LogP contribution in [0.15, 0.2) is 30.5 Å². The molecule has 20 heavy (non-hydrogen) atoms. The van der Waals surface area contributed by atoms with Gasteiger partial charge >= 0.3 is 0 Å². The summed E-state index contributed by atoms with van der Waals surface area (Å²) in [6.07, 6.45) is 1.67. The zero-order valence-electron chi connectivity index (χ0n) is 12.1. The van der Waals surface area contributed by atoms with Crippen LogP contribution in [0.3, 0.4) is 0 Å². The number of hydrogen-bond acceptors (Lipinski definition) is 3. The normalized spacial score (nSPS) is 10.8. The molecule has 0 saturated heterocycles. The van der Waals surface area contributed by atoms with Crippen LogP contribution in [0.25, 0.3) is 0 Å². The highest BCUT2D eigenvalue weighted by Crippen LogP contribution is 2.24. The number of amides is 1. The molecule has 3 N–H and O–H groups in total. The Labute approximate surface area is 118 Å². The molecule has 0 aliphatic carbocycles. The van der Waals surface area contributed by atoms with Gasteiger partial charge in [0.1, 0.15) is 0 Å². The molecule has 1 aromatic heterocycles. The number of nitrogen functional groups attached to an aromatic ring is 1. The van der Waals surface area contributed by atoms with Gasteiger partial charge in [-0.1, -0.05) is 32.0 Å². The third-order valence-electron chi connectivity index (χ3n) is 3.16. The van der Waals surface area contributed by atoms with Crippen molar-refractivity contribution in [1.82, 2.24) is 9.78 Å². The first-order valence-corrected chi connectivity index (χ1v) is 6.76. The van der Waals surface area contributed by atoms with Gasteiger partial charge in [-0.15, -0.1) is 0 Å². The molecule has 2 rings (SSSR count). The molecule has 0 atom stereocenters. The van der Waals surface area contributed by atoms with Crippen molar-refractivity contribution in [3.63, 3.8) is 0 Å². The third-order valence-corrected chi connectivity index (χ3v) is 3.16. The van der Waals surface area contributed by atoms with Gasteiger partial charge in [-0.2, -0.15) is 5.10 Å². The number of nitrogens with one attached hydrogen (secondary N) is 1. The minimum absolute atomic E-state index is 0.269. The van der Waals surface area contributed by atoms with Crippen LogP contribution in [0.4, 0.5) is 11.4 Å². The van der Waals surface area contributed by atoms with Gasteiger partial charge in [0.25, 0.3) is 5.91 Å². The van der Waals surface area contributed by atoms with Crippen LogP contribution in [0, 0.1) is 0 Å². The Morgan fingerprint density at radius 2 is 2.10 bits per heavy atom. The second kappa shape index (κ2) is 5.77. The van der Waals surface area contributed by atoms with Gasteiger partial charge in [-0.25, -0.2) is 0 Å². The number of rotatable bonds is 4. The van der Waals surface area contributed by atoms with Gasteiger partial charge in [0.2, 0.25) is 0 Å². The molecule has 0 aliphatic rings. The maximum absolute atomic E-state index is 12.3. The molecule has 0 radical (unpaired) electrons. The SMILES string of the molecule is CCn1cc(N)c(C(=O)Nc2ccccc2C(C)C)n1. The van der Waals surface area contributed by atoms with Gasteiger partial charge in [-0.05, 0) is 24.5 Å². The second-order valence-corrected chi connectivity index (χ2v) is 4.98.